The first-order chi connectivity index (χ1) is 9.04. The van der Waals surface area contributed by atoms with E-state index in [4.69, 9.17) is 5.73 Å². The number of aromatic nitrogens is 2. The molecular weight excluding hydrogens is 348 g/mol. The number of thioether (sulfide) groups is 1. The predicted octanol–water partition coefficient (Wildman–Crippen LogP) is 3.00. The van der Waals surface area contributed by atoms with Gasteiger partial charge in [-0.1, -0.05) is 45.1 Å². The lowest BCUT2D eigenvalue weighted by molar-refractivity contribution is -0.115. The monoisotopic (exact) mass is 358 g/mol. The fourth-order valence-electron chi connectivity index (χ4n) is 1.28. The highest BCUT2D eigenvalue weighted by Gasteiger charge is 2.17. The van der Waals surface area contributed by atoms with Crippen LogP contribution in [0.4, 0.5) is 10.8 Å². The Balaban J connectivity index is 1.96. The van der Waals surface area contributed by atoms with Gasteiger partial charge in [-0.2, -0.15) is 0 Å². The van der Waals surface area contributed by atoms with Gasteiger partial charge in [0.05, 0.1) is 5.25 Å². The van der Waals surface area contributed by atoms with Gasteiger partial charge < -0.3 is 11.1 Å². The zero-order chi connectivity index (χ0) is 13.8. The molecular formula is C11H11BrN4OS2. The largest absolute Gasteiger partial charge is 0.374 e. The van der Waals surface area contributed by atoms with Crippen molar-refractivity contribution in [1.82, 2.24) is 10.2 Å². The molecule has 1 amide bonds. The zero-order valence-corrected chi connectivity index (χ0v) is 13.2. The average Bonchev–Trinajstić information content (AvgIpc) is 2.74. The number of nitrogens with zero attached hydrogens (tertiary/aromatic N) is 2. The van der Waals surface area contributed by atoms with Crippen molar-refractivity contribution in [3.63, 3.8) is 0 Å². The Kier molecular flexibility index (Phi) is 4.78. The van der Waals surface area contributed by atoms with Crippen LogP contribution in [0.15, 0.2) is 33.1 Å². The van der Waals surface area contributed by atoms with Gasteiger partial charge in [-0.3, -0.25) is 4.79 Å². The van der Waals surface area contributed by atoms with E-state index in [1.807, 2.05) is 31.2 Å². The van der Waals surface area contributed by atoms with Crippen LogP contribution in [0.1, 0.15) is 6.92 Å². The molecule has 0 saturated carbocycles. The topological polar surface area (TPSA) is 80.9 Å². The first-order valence-electron chi connectivity index (χ1n) is 5.36. The number of carbonyl (C=O) groups excluding carboxylic acids is 1. The number of rotatable bonds is 4. The average molecular weight is 359 g/mol. The number of anilines is 2. The van der Waals surface area contributed by atoms with Crippen molar-refractivity contribution in [3.8, 4) is 0 Å². The number of amides is 1. The van der Waals surface area contributed by atoms with E-state index in [1.54, 1.807) is 0 Å². The van der Waals surface area contributed by atoms with Gasteiger partial charge in [-0.05, 0) is 25.1 Å². The SMILES string of the molecule is CC(Sc1nnc(N)s1)C(=O)Nc1cccc(Br)c1. The Morgan fingerprint density at radius 1 is 1.53 bits per heavy atom. The zero-order valence-electron chi connectivity index (χ0n) is 9.96. The van der Waals surface area contributed by atoms with Crippen molar-refractivity contribution in [3.05, 3.63) is 28.7 Å². The smallest absolute Gasteiger partial charge is 0.237 e. The molecule has 5 nitrogen and oxygen atoms in total. The summed E-state index contributed by atoms with van der Waals surface area (Å²) in [6.07, 6.45) is 0. The van der Waals surface area contributed by atoms with Gasteiger partial charge in [0.25, 0.3) is 0 Å². The lowest BCUT2D eigenvalue weighted by Gasteiger charge is -2.10. The molecule has 0 aliphatic heterocycles. The van der Waals surface area contributed by atoms with Crippen LogP contribution >= 0.6 is 39.0 Å². The van der Waals surface area contributed by atoms with Gasteiger partial charge in [0.1, 0.15) is 0 Å². The highest BCUT2D eigenvalue weighted by atomic mass is 79.9. The van der Waals surface area contributed by atoms with E-state index in [2.05, 4.69) is 31.4 Å². The van der Waals surface area contributed by atoms with Crippen molar-refractivity contribution in [2.24, 2.45) is 0 Å². The number of halogens is 1. The standard InChI is InChI=1S/C11H11BrN4OS2/c1-6(18-11-16-15-10(13)19-11)9(17)14-8-4-2-3-7(12)5-8/h2-6H,1H3,(H2,13,15)(H,14,17). The van der Waals surface area contributed by atoms with Crippen LogP contribution in [0.5, 0.6) is 0 Å². The van der Waals surface area contributed by atoms with Gasteiger partial charge in [0, 0.05) is 10.2 Å². The molecule has 2 aromatic rings. The molecule has 1 aromatic carbocycles. The molecule has 1 aromatic heterocycles. The minimum atomic E-state index is -0.272. The first-order valence-corrected chi connectivity index (χ1v) is 7.85. The van der Waals surface area contributed by atoms with Gasteiger partial charge >= 0.3 is 0 Å². The number of nitrogens with two attached hydrogens (primary N) is 1. The molecule has 0 radical (unpaired) electrons. The summed E-state index contributed by atoms with van der Waals surface area (Å²) in [7, 11) is 0. The van der Waals surface area contributed by atoms with Crippen molar-refractivity contribution < 1.29 is 4.79 Å². The fraction of sp³-hybridized carbons (Fsp3) is 0.182. The van der Waals surface area contributed by atoms with E-state index in [0.29, 0.717) is 9.47 Å². The summed E-state index contributed by atoms with van der Waals surface area (Å²) in [6.45, 7) is 1.82. The lowest BCUT2D eigenvalue weighted by atomic mass is 10.3. The van der Waals surface area contributed by atoms with Crippen LogP contribution in [0, 0.1) is 0 Å². The van der Waals surface area contributed by atoms with Crippen molar-refractivity contribution in [2.75, 3.05) is 11.1 Å². The molecule has 1 heterocycles. The molecule has 3 N–H and O–H groups in total. The summed E-state index contributed by atoms with van der Waals surface area (Å²) in [6, 6.07) is 7.45. The maximum Gasteiger partial charge on any atom is 0.237 e. The van der Waals surface area contributed by atoms with Crippen LogP contribution < -0.4 is 11.1 Å². The van der Waals surface area contributed by atoms with Gasteiger partial charge in [0.2, 0.25) is 11.0 Å². The second-order valence-corrected chi connectivity index (χ2v) is 7.18. The Labute approximate surface area is 127 Å². The molecule has 1 atom stereocenters. The molecule has 0 fully saturated rings. The molecule has 1 unspecified atom stereocenters. The summed E-state index contributed by atoms with van der Waals surface area (Å²) >= 11 is 5.97. The third-order valence-corrected chi connectivity index (χ3v) is 4.59. The number of hydrogen-bond acceptors (Lipinski definition) is 6. The molecule has 0 spiro atoms. The van der Waals surface area contributed by atoms with Crippen molar-refractivity contribution >= 4 is 55.8 Å². The fourth-order valence-corrected chi connectivity index (χ4v) is 3.46. The molecule has 8 heteroatoms. The Morgan fingerprint density at radius 3 is 2.95 bits per heavy atom. The van der Waals surface area contributed by atoms with Crippen LogP contribution in [-0.4, -0.2) is 21.4 Å². The molecule has 0 aliphatic carbocycles. The number of nitrogens with one attached hydrogen (secondary N) is 1. The molecule has 0 saturated heterocycles. The summed E-state index contributed by atoms with van der Waals surface area (Å²) in [5.74, 6) is -0.0862. The van der Waals surface area contributed by atoms with E-state index < -0.39 is 0 Å². The number of carbonyl (C=O) groups is 1. The Bertz CT molecular complexity index is 590. The molecule has 19 heavy (non-hydrogen) atoms. The van der Waals surface area contributed by atoms with Crippen molar-refractivity contribution in [1.29, 1.82) is 0 Å². The van der Waals surface area contributed by atoms with E-state index in [0.717, 1.165) is 10.2 Å². The third-order valence-electron chi connectivity index (χ3n) is 2.16. The van der Waals surface area contributed by atoms with E-state index >= 15 is 0 Å². The summed E-state index contributed by atoms with van der Waals surface area (Å²) in [4.78, 5) is 12.0. The minimum Gasteiger partial charge on any atom is -0.374 e. The molecule has 0 bridgehead atoms. The van der Waals surface area contributed by atoms with Gasteiger partial charge in [0.15, 0.2) is 4.34 Å². The second kappa shape index (κ2) is 6.36. The number of benzene rings is 1. The first kappa shape index (κ1) is 14.3. The molecule has 0 aliphatic rings. The maximum absolute atomic E-state index is 12.0. The second-order valence-electron chi connectivity index (χ2n) is 3.67. The van der Waals surface area contributed by atoms with E-state index in [1.165, 1.54) is 23.1 Å². The Hall–Kier alpha value is -1.12. The quantitative estimate of drug-likeness (QED) is 0.821. The van der Waals surface area contributed by atoms with Crippen LogP contribution in [0.2, 0.25) is 0 Å². The molecule has 2 rings (SSSR count). The lowest BCUT2D eigenvalue weighted by Crippen LogP contribution is -2.22. The highest BCUT2D eigenvalue weighted by Crippen LogP contribution is 2.28. The van der Waals surface area contributed by atoms with Crippen molar-refractivity contribution in [2.45, 2.75) is 16.5 Å². The predicted molar refractivity (Wildman–Crippen MR) is 82.4 cm³/mol. The number of nitrogen functional groups attached to an aromatic ring is 1. The Morgan fingerprint density at radius 2 is 2.32 bits per heavy atom. The van der Waals surface area contributed by atoms with E-state index in [9.17, 15) is 4.79 Å². The number of hydrogen-bond donors (Lipinski definition) is 2. The maximum atomic E-state index is 12.0. The van der Waals surface area contributed by atoms with Gasteiger partial charge in [-0.25, -0.2) is 0 Å². The van der Waals surface area contributed by atoms with Crippen LogP contribution in [0.25, 0.3) is 0 Å². The third kappa shape index (κ3) is 4.19. The normalized spacial score (nSPS) is 12.1. The van der Waals surface area contributed by atoms with Crippen LogP contribution in [-0.2, 0) is 4.79 Å². The summed E-state index contributed by atoms with van der Waals surface area (Å²) < 4.78 is 1.61. The summed E-state index contributed by atoms with van der Waals surface area (Å²) in [5, 5.41) is 10.6. The van der Waals surface area contributed by atoms with E-state index in [-0.39, 0.29) is 11.2 Å². The molecule has 100 valence electrons. The van der Waals surface area contributed by atoms with Crippen LogP contribution in [0.3, 0.4) is 0 Å². The minimum absolute atomic E-state index is 0.0862. The highest BCUT2D eigenvalue weighted by molar-refractivity contribution is 9.10. The van der Waals surface area contributed by atoms with Gasteiger partial charge in [-0.15, -0.1) is 10.2 Å². The summed E-state index contributed by atoms with van der Waals surface area (Å²) in [5.41, 5.74) is 6.25.